The van der Waals surface area contributed by atoms with E-state index in [0.717, 1.165) is 0 Å². The first-order chi connectivity index (χ1) is 12.3. The lowest BCUT2D eigenvalue weighted by molar-refractivity contribution is 0.246. The van der Waals surface area contributed by atoms with Crippen molar-refractivity contribution in [2.75, 3.05) is 6.61 Å². The predicted octanol–water partition coefficient (Wildman–Crippen LogP) is 4.65. The maximum atomic E-state index is 14.6. The van der Waals surface area contributed by atoms with Crippen molar-refractivity contribution in [1.82, 2.24) is 0 Å². The molecule has 1 aliphatic carbocycles. The minimum absolute atomic E-state index is 0.0926. The molecule has 1 unspecified atom stereocenters. The molecule has 136 valence electrons. The maximum Gasteiger partial charge on any atom is 0.261 e. The smallest absolute Gasteiger partial charge is 0.261 e. The van der Waals surface area contributed by atoms with Gasteiger partial charge in [0.25, 0.3) is 8.32 Å². The van der Waals surface area contributed by atoms with Gasteiger partial charge < -0.3 is 4.43 Å². The number of benzene rings is 2. The van der Waals surface area contributed by atoms with Gasteiger partial charge in [0.2, 0.25) is 0 Å². The van der Waals surface area contributed by atoms with Gasteiger partial charge in [-0.15, -0.1) is 0 Å². The summed E-state index contributed by atoms with van der Waals surface area (Å²) >= 11 is 3.02. The van der Waals surface area contributed by atoms with Crippen molar-refractivity contribution in [3.63, 3.8) is 0 Å². The van der Waals surface area contributed by atoms with E-state index in [2.05, 4.69) is 96.0 Å². The van der Waals surface area contributed by atoms with Crippen LogP contribution in [0.15, 0.2) is 60.7 Å². The quantitative estimate of drug-likeness (QED) is 0.495. The largest absolute Gasteiger partial charge is 0.407 e. The van der Waals surface area contributed by atoms with Gasteiger partial charge in [-0.1, -0.05) is 81.4 Å². The lowest BCUT2D eigenvalue weighted by atomic mass is 10.2. The zero-order valence-corrected chi connectivity index (χ0v) is 18.0. The average Bonchev–Trinajstić information content (AvgIpc) is 3.26. The maximum absolute atomic E-state index is 14.6. The lowest BCUT2D eigenvalue weighted by Crippen LogP contribution is -2.66. The molecule has 0 amide bonds. The molecule has 2 atom stereocenters. The highest BCUT2D eigenvalue weighted by molar-refractivity contribution is 9.12. The second-order valence-electron chi connectivity index (χ2n) is 7.96. The van der Waals surface area contributed by atoms with Crippen molar-refractivity contribution in [3.8, 4) is 10.8 Å². The van der Waals surface area contributed by atoms with Crippen LogP contribution in [-0.4, -0.2) is 20.6 Å². The molecule has 1 nitrogen and oxygen atoms in total. The molecule has 0 radical (unpaired) electrons. The van der Waals surface area contributed by atoms with E-state index >= 15 is 0 Å². The fourth-order valence-corrected chi connectivity index (χ4v) is 8.65. The average molecular weight is 431 g/mol. The van der Waals surface area contributed by atoms with Crippen LogP contribution in [0.5, 0.6) is 0 Å². The highest BCUT2D eigenvalue weighted by Gasteiger charge is 2.57. The van der Waals surface area contributed by atoms with E-state index < -0.39 is 14.0 Å². The SMILES string of the molecule is CC(C)(C)[Si](OCC1C[C@]1(F)C#CBr)(c1ccccc1)c1ccccc1. The van der Waals surface area contributed by atoms with E-state index in [1.165, 1.54) is 10.4 Å². The van der Waals surface area contributed by atoms with Crippen LogP contribution in [0.25, 0.3) is 0 Å². The minimum Gasteiger partial charge on any atom is -0.407 e. The zero-order valence-electron chi connectivity index (χ0n) is 15.4. The molecular formula is C22H24BrFOSi. The summed E-state index contributed by atoms with van der Waals surface area (Å²) in [5, 5.41) is 2.34. The molecule has 0 N–H and O–H groups in total. The Morgan fingerprint density at radius 1 is 1.08 bits per heavy atom. The normalized spacial score (nSPS) is 22.4. The van der Waals surface area contributed by atoms with Crippen LogP contribution in [0.2, 0.25) is 5.04 Å². The van der Waals surface area contributed by atoms with E-state index in [1.54, 1.807) is 0 Å². The van der Waals surface area contributed by atoms with Crippen LogP contribution in [-0.2, 0) is 4.43 Å². The van der Waals surface area contributed by atoms with Crippen molar-refractivity contribution in [2.24, 2.45) is 5.92 Å². The molecule has 1 aliphatic rings. The van der Waals surface area contributed by atoms with Gasteiger partial charge in [-0.05, 0) is 26.2 Å². The third kappa shape index (κ3) is 3.53. The molecule has 1 fully saturated rings. The summed E-state index contributed by atoms with van der Waals surface area (Å²) in [6.07, 6.45) is 0.448. The van der Waals surface area contributed by atoms with Crippen molar-refractivity contribution >= 4 is 34.6 Å². The van der Waals surface area contributed by atoms with Crippen LogP contribution in [0.3, 0.4) is 0 Å². The standard InChI is InChI=1S/C22H24BrFOSi/c1-21(2,3)26(19-10-6-4-7-11-19,20-12-8-5-9-13-20)25-17-18-16-22(18,24)14-15-23/h4-13,18H,16-17H2,1-3H3/t18?,22-/m1/s1. The summed E-state index contributed by atoms with van der Waals surface area (Å²) in [6, 6.07) is 20.9. The van der Waals surface area contributed by atoms with Crippen LogP contribution in [0, 0.1) is 16.7 Å². The fraction of sp³-hybridized carbons (Fsp3) is 0.364. The van der Waals surface area contributed by atoms with E-state index in [9.17, 15) is 4.39 Å². The van der Waals surface area contributed by atoms with Gasteiger partial charge in [0.15, 0.2) is 5.67 Å². The molecule has 3 rings (SSSR count). The van der Waals surface area contributed by atoms with Crippen molar-refractivity contribution in [2.45, 2.75) is 37.9 Å². The Bertz CT molecular complexity index is 767. The Morgan fingerprint density at radius 3 is 2.00 bits per heavy atom. The monoisotopic (exact) mass is 430 g/mol. The Morgan fingerprint density at radius 2 is 1.58 bits per heavy atom. The third-order valence-electron chi connectivity index (χ3n) is 5.20. The Balaban J connectivity index is 2.02. The minimum atomic E-state index is -2.58. The van der Waals surface area contributed by atoms with Crippen LogP contribution in [0.4, 0.5) is 4.39 Å². The van der Waals surface area contributed by atoms with E-state index in [-0.39, 0.29) is 11.0 Å². The highest BCUT2D eigenvalue weighted by Crippen LogP contribution is 2.48. The molecule has 0 spiro atoms. The molecule has 0 aliphatic heterocycles. The zero-order chi connectivity index (χ0) is 18.8. The van der Waals surface area contributed by atoms with Gasteiger partial charge in [-0.2, -0.15) is 0 Å². The number of alkyl halides is 1. The highest BCUT2D eigenvalue weighted by atomic mass is 79.9. The second-order valence-corrected chi connectivity index (χ2v) is 12.7. The van der Waals surface area contributed by atoms with Crippen LogP contribution < -0.4 is 10.4 Å². The first-order valence-electron chi connectivity index (χ1n) is 8.90. The van der Waals surface area contributed by atoms with E-state index in [1.807, 2.05) is 12.1 Å². The first kappa shape index (κ1) is 19.4. The molecule has 0 saturated heterocycles. The summed E-state index contributed by atoms with van der Waals surface area (Å²) in [5.41, 5.74) is -1.41. The molecule has 2 aromatic carbocycles. The fourth-order valence-electron chi connectivity index (χ4n) is 3.71. The van der Waals surface area contributed by atoms with Crippen molar-refractivity contribution in [3.05, 3.63) is 60.7 Å². The number of halogens is 2. The summed E-state index contributed by atoms with van der Waals surface area (Å²) in [5.74, 6) is 2.48. The second kappa shape index (κ2) is 7.30. The summed E-state index contributed by atoms with van der Waals surface area (Å²) in [4.78, 5) is 2.53. The van der Waals surface area contributed by atoms with Crippen molar-refractivity contribution in [1.29, 1.82) is 0 Å². The molecule has 26 heavy (non-hydrogen) atoms. The number of hydrogen-bond acceptors (Lipinski definition) is 1. The van der Waals surface area contributed by atoms with Crippen molar-refractivity contribution < 1.29 is 8.82 Å². The topological polar surface area (TPSA) is 9.23 Å². The van der Waals surface area contributed by atoms with Gasteiger partial charge in [-0.3, -0.25) is 0 Å². The van der Waals surface area contributed by atoms with Gasteiger partial charge in [-0.25, -0.2) is 4.39 Å². The predicted molar refractivity (Wildman–Crippen MR) is 112 cm³/mol. The van der Waals surface area contributed by atoms with Gasteiger partial charge >= 0.3 is 0 Å². The summed E-state index contributed by atoms with van der Waals surface area (Å²) < 4.78 is 21.3. The van der Waals surface area contributed by atoms with E-state index in [4.69, 9.17) is 4.43 Å². The van der Waals surface area contributed by atoms with Crippen LogP contribution in [0.1, 0.15) is 27.2 Å². The van der Waals surface area contributed by atoms with E-state index in [0.29, 0.717) is 13.0 Å². The molecule has 0 bridgehead atoms. The molecule has 0 aromatic heterocycles. The third-order valence-corrected chi connectivity index (χ3v) is 10.4. The Kier molecular flexibility index (Phi) is 5.44. The Hall–Kier alpha value is -1.41. The number of hydrogen-bond donors (Lipinski definition) is 0. The van der Waals surface area contributed by atoms with Gasteiger partial charge in [0, 0.05) is 34.9 Å². The Labute approximate surface area is 165 Å². The van der Waals surface area contributed by atoms with Gasteiger partial charge in [0.1, 0.15) is 0 Å². The summed E-state index contributed by atoms with van der Waals surface area (Å²) in [6.45, 7) is 7.08. The lowest BCUT2D eigenvalue weighted by Gasteiger charge is -2.43. The molecule has 0 heterocycles. The summed E-state index contributed by atoms with van der Waals surface area (Å²) in [7, 11) is -2.58. The number of rotatable bonds is 5. The molecular weight excluding hydrogens is 407 g/mol. The molecule has 4 heteroatoms. The molecule has 1 saturated carbocycles. The molecule has 2 aromatic rings. The first-order valence-corrected chi connectivity index (χ1v) is 11.6. The van der Waals surface area contributed by atoms with Crippen LogP contribution >= 0.6 is 15.9 Å². The van der Waals surface area contributed by atoms with Gasteiger partial charge in [0.05, 0.1) is 0 Å².